The average molecular weight is 486 g/mol. The highest BCUT2D eigenvalue weighted by molar-refractivity contribution is 8.26. The van der Waals surface area contributed by atoms with Gasteiger partial charge in [0.05, 0.1) is 12.1 Å². The number of carbonyl (C=O) groups excluding carboxylic acids is 1. The number of nitrogens with one attached hydrogen (secondary N) is 1. The Morgan fingerprint density at radius 1 is 1.14 bits per heavy atom. The van der Waals surface area contributed by atoms with Crippen LogP contribution >= 0.6 is 11.8 Å². The van der Waals surface area contributed by atoms with E-state index in [-0.39, 0.29) is 11.4 Å². The van der Waals surface area contributed by atoms with Crippen molar-refractivity contribution in [1.82, 2.24) is 9.58 Å². The molecule has 0 bridgehead atoms. The van der Waals surface area contributed by atoms with Crippen LogP contribution in [0, 0.1) is 12.3 Å². The Labute approximate surface area is 208 Å². The number of aryl methyl sites for hydroxylation is 2. The van der Waals surface area contributed by atoms with Gasteiger partial charge < -0.3 is 9.30 Å². The Bertz CT molecular complexity index is 1430. The number of thioether (sulfide) groups is 1. The largest absolute Gasteiger partial charge is 0.492 e. The zero-order valence-corrected chi connectivity index (χ0v) is 20.9. The molecule has 1 N–H and O–H groups in total. The summed E-state index contributed by atoms with van der Waals surface area (Å²) < 4.78 is 8.21. The van der Waals surface area contributed by atoms with E-state index < -0.39 is 5.91 Å². The zero-order valence-electron chi connectivity index (χ0n) is 20.0. The van der Waals surface area contributed by atoms with Crippen molar-refractivity contribution in [1.29, 1.82) is 5.41 Å². The van der Waals surface area contributed by atoms with Gasteiger partial charge >= 0.3 is 0 Å². The van der Waals surface area contributed by atoms with Crippen LogP contribution in [-0.4, -0.2) is 38.1 Å². The van der Waals surface area contributed by atoms with Crippen molar-refractivity contribution in [2.24, 2.45) is 10.1 Å². The highest BCUT2D eigenvalue weighted by Gasteiger charge is 2.35. The summed E-state index contributed by atoms with van der Waals surface area (Å²) in [6, 6.07) is 14.4. The lowest BCUT2D eigenvalue weighted by Crippen LogP contribution is -2.35. The van der Waals surface area contributed by atoms with E-state index >= 15 is 0 Å². The van der Waals surface area contributed by atoms with Crippen LogP contribution in [0.3, 0.4) is 0 Å². The molecule has 1 amide bonds. The second kappa shape index (κ2) is 9.54. The normalized spacial score (nSPS) is 16.7. The predicted octanol–water partition coefficient (Wildman–Crippen LogP) is 5.62. The first-order valence-electron chi connectivity index (χ1n) is 11.8. The van der Waals surface area contributed by atoms with Gasteiger partial charge in [0.2, 0.25) is 5.17 Å². The number of ether oxygens (including phenoxy) is 1. The summed E-state index contributed by atoms with van der Waals surface area (Å²) in [5.41, 5.74) is 4.60. The van der Waals surface area contributed by atoms with Gasteiger partial charge in [0.15, 0.2) is 5.84 Å². The maximum Gasteiger partial charge on any atom is 0.283 e. The van der Waals surface area contributed by atoms with Crippen LogP contribution in [0.15, 0.2) is 64.3 Å². The summed E-state index contributed by atoms with van der Waals surface area (Å²) in [7, 11) is 0. The van der Waals surface area contributed by atoms with Crippen molar-refractivity contribution in [3.63, 3.8) is 0 Å². The highest BCUT2D eigenvalue weighted by Crippen LogP contribution is 2.31. The molecule has 178 valence electrons. The minimum Gasteiger partial charge on any atom is -0.492 e. The molecular weight excluding hydrogens is 458 g/mol. The van der Waals surface area contributed by atoms with Gasteiger partial charge in [-0.25, -0.2) is 0 Å². The Hall–Kier alpha value is -3.65. The maximum atomic E-state index is 12.8. The molecule has 3 heterocycles. The molecule has 0 atom stereocenters. The van der Waals surface area contributed by atoms with Crippen LogP contribution in [0.1, 0.15) is 37.0 Å². The Morgan fingerprint density at radius 2 is 1.97 bits per heavy atom. The van der Waals surface area contributed by atoms with Gasteiger partial charge in [0, 0.05) is 22.7 Å². The SMILES string of the molecule is CCC1=NN2C(=N)/C(=C/c3cn(CCOc4cc(C)cc(CC)c4)c4ccccc34)C(=O)N=C2S1. The monoisotopic (exact) mass is 485 g/mol. The number of rotatable bonds is 7. The number of aromatic nitrogens is 1. The number of nitrogens with zero attached hydrogens (tertiary/aromatic N) is 4. The van der Waals surface area contributed by atoms with Crippen molar-refractivity contribution in [2.45, 2.75) is 40.2 Å². The fraction of sp³-hybridized carbons (Fsp3) is 0.259. The molecule has 0 saturated carbocycles. The number of carbonyl (C=O) groups is 1. The first-order chi connectivity index (χ1) is 17.0. The van der Waals surface area contributed by atoms with E-state index in [4.69, 9.17) is 10.1 Å². The van der Waals surface area contributed by atoms with Gasteiger partial charge in [-0.1, -0.05) is 38.1 Å². The quantitative estimate of drug-likeness (QED) is 0.440. The van der Waals surface area contributed by atoms with E-state index in [0.29, 0.717) is 18.3 Å². The lowest BCUT2D eigenvalue weighted by molar-refractivity contribution is -0.114. The molecule has 2 aliphatic heterocycles. The van der Waals surface area contributed by atoms with Crippen LogP contribution in [0.2, 0.25) is 0 Å². The summed E-state index contributed by atoms with van der Waals surface area (Å²) in [6.07, 6.45) is 5.47. The van der Waals surface area contributed by atoms with Crippen molar-refractivity contribution in [2.75, 3.05) is 6.61 Å². The number of hydrazone groups is 1. The summed E-state index contributed by atoms with van der Waals surface area (Å²) >= 11 is 1.35. The molecule has 35 heavy (non-hydrogen) atoms. The number of aliphatic imine (C=N–C) groups is 1. The number of benzene rings is 2. The second-order valence-corrected chi connectivity index (χ2v) is 9.56. The second-order valence-electron chi connectivity index (χ2n) is 8.52. The van der Waals surface area contributed by atoms with Gasteiger partial charge in [0.25, 0.3) is 5.91 Å². The van der Waals surface area contributed by atoms with Crippen LogP contribution < -0.4 is 4.74 Å². The van der Waals surface area contributed by atoms with Gasteiger partial charge in [-0.3, -0.25) is 10.2 Å². The van der Waals surface area contributed by atoms with Gasteiger partial charge in [-0.15, -0.1) is 0 Å². The molecule has 0 fully saturated rings. The van der Waals surface area contributed by atoms with Gasteiger partial charge in [0.1, 0.15) is 17.4 Å². The number of para-hydroxylation sites is 1. The van der Waals surface area contributed by atoms with E-state index in [1.165, 1.54) is 27.9 Å². The molecule has 7 nitrogen and oxygen atoms in total. The Morgan fingerprint density at radius 3 is 2.77 bits per heavy atom. The number of amides is 1. The predicted molar refractivity (Wildman–Crippen MR) is 143 cm³/mol. The molecule has 0 unspecified atom stereocenters. The van der Waals surface area contributed by atoms with Crippen molar-refractivity contribution in [3.8, 4) is 5.75 Å². The highest BCUT2D eigenvalue weighted by atomic mass is 32.2. The third kappa shape index (κ3) is 4.53. The summed E-state index contributed by atoms with van der Waals surface area (Å²) in [6.45, 7) is 7.38. The standard InChI is InChI=1S/C27H27N5O2S/c1-4-18-12-17(3)13-20(14-18)34-11-10-31-16-19(21-8-6-7-9-23(21)31)15-22-25(28)32-27(29-26(22)33)35-24(5-2)30-32/h6-9,12-16,28H,4-5,10-11H2,1-3H3/b22-15-,28-25?. The van der Waals surface area contributed by atoms with Crippen molar-refractivity contribution >= 4 is 50.7 Å². The first-order valence-corrected chi connectivity index (χ1v) is 12.6. The molecule has 2 aliphatic rings. The number of amidine groups is 2. The van der Waals surface area contributed by atoms with Crippen LogP contribution in [0.4, 0.5) is 0 Å². The topological polar surface area (TPSA) is 83.0 Å². The lowest BCUT2D eigenvalue weighted by Gasteiger charge is -2.20. The fourth-order valence-electron chi connectivity index (χ4n) is 4.28. The molecular formula is C27H27N5O2S. The van der Waals surface area contributed by atoms with Crippen LogP contribution in [0.25, 0.3) is 17.0 Å². The van der Waals surface area contributed by atoms with E-state index in [9.17, 15) is 4.79 Å². The summed E-state index contributed by atoms with van der Waals surface area (Å²) in [5, 5.41) is 16.8. The molecule has 0 saturated heterocycles. The molecule has 2 aromatic carbocycles. The number of hydrogen-bond donors (Lipinski definition) is 1. The first kappa shape index (κ1) is 23.1. The molecule has 0 aliphatic carbocycles. The lowest BCUT2D eigenvalue weighted by atomic mass is 10.1. The smallest absolute Gasteiger partial charge is 0.283 e. The zero-order chi connectivity index (χ0) is 24.5. The molecule has 8 heteroatoms. The minimum absolute atomic E-state index is 0.0577. The summed E-state index contributed by atoms with van der Waals surface area (Å²) in [4.78, 5) is 17.0. The Balaban J connectivity index is 1.41. The summed E-state index contributed by atoms with van der Waals surface area (Å²) in [5.74, 6) is 0.529. The van der Waals surface area contributed by atoms with E-state index in [1.54, 1.807) is 6.08 Å². The van der Waals surface area contributed by atoms with E-state index in [2.05, 4.69) is 52.8 Å². The molecule has 0 radical (unpaired) electrons. The third-order valence-electron chi connectivity index (χ3n) is 6.04. The average Bonchev–Trinajstić information content (AvgIpc) is 3.43. The third-order valence-corrected chi connectivity index (χ3v) is 7.09. The van der Waals surface area contributed by atoms with E-state index in [1.807, 2.05) is 31.3 Å². The number of hydrogen-bond acceptors (Lipinski definition) is 5. The maximum absolute atomic E-state index is 12.8. The van der Waals surface area contributed by atoms with E-state index in [0.717, 1.165) is 40.1 Å². The van der Waals surface area contributed by atoms with Crippen molar-refractivity contribution in [3.05, 3.63) is 70.9 Å². The van der Waals surface area contributed by atoms with Crippen LogP contribution in [-0.2, 0) is 17.8 Å². The molecule has 3 aromatic rings. The van der Waals surface area contributed by atoms with Crippen molar-refractivity contribution < 1.29 is 9.53 Å². The fourth-order valence-corrected chi connectivity index (χ4v) is 5.10. The molecule has 5 rings (SSSR count). The minimum atomic E-state index is -0.410. The van der Waals surface area contributed by atoms with Gasteiger partial charge in [-0.05, 0) is 66.9 Å². The van der Waals surface area contributed by atoms with Gasteiger partial charge in [-0.2, -0.15) is 15.1 Å². The molecule has 1 aromatic heterocycles. The number of fused-ring (bicyclic) bond motifs is 2. The Kier molecular flexibility index (Phi) is 6.30. The van der Waals surface area contributed by atoms with Crippen LogP contribution in [0.5, 0.6) is 5.75 Å². The molecule has 0 spiro atoms.